The number of nitrogens with one attached hydrogen (secondary N) is 1. The number of thioether (sulfide) groups is 1. The average Bonchev–Trinajstić information content (AvgIpc) is 3.53. The fourth-order valence-electron chi connectivity index (χ4n) is 4.49. The third kappa shape index (κ3) is 5.21. The predicted molar refractivity (Wildman–Crippen MR) is 151 cm³/mol. The van der Waals surface area contributed by atoms with Gasteiger partial charge in [-0.05, 0) is 13.0 Å². The fraction of sp³-hybridized carbons (Fsp3) is 0.292. The summed E-state index contributed by atoms with van der Waals surface area (Å²) in [4.78, 5) is 65.4. The van der Waals surface area contributed by atoms with Gasteiger partial charge in [-0.1, -0.05) is 28.1 Å². The molecule has 5 rings (SSSR count). The van der Waals surface area contributed by atoms with Gasteiger partial charge in [-0.25, -0.2) is 14.6 Å². The largest absolute Gasteiger partial charge is 0.478 e. The number of rotatable bonds is 10. The molecule has 2 aliphatic rings. The fourth-order valence-corrected chi connectivity index (χ4v) is 6.75. The second-order valence-corrected chi connectivity index (χ2v) is 11.8. The van der Waals surface area contributed by atoms with E-state index in [1.54, 1.807) is 23.2 Å². The summed E-state index contributed by atoms with van der Waals surface area (Å²) in [7, 11) is 1.53. The first-order valence-corrected chi connectivity index (χ1v) is 14.4. The average molecular weight is 637 g/mol. The molecule has 3 aromatic rings. The zero-order chi connectivity index (χ0) is 30.3. The van der Waals surface area contributed by atoms with Crippen molar-refractivity contribution in [3.63, 3.8) is 0 Å². The Balaban J connectivity index is 1.39. The second-order valence-electron chi connectivity index (χ2n) is 9.05. The van der Waals surface area contributed by atoms with Crippen molar-refractivity contribution in [1.82, 2.24) is 19.9 Å². The summed E-state index contributed by atoms with van der Waals surface area (Å²) in [5, 5.41) is 24.7. The number of carboxylic acids is 2. The number of nitrogen functional groups attached to an aromatic ring is 1. The lowest BCUT2D eigenvalue weighted by atomic mass is 10.0. The van der Waals surface area contributed by atoms with Gasteiger partial charge >= 0.3 is 11.9 Å². The Hall–Kier alpha value is -4.35. The summed E-state index contributed by atoms with van der Waals surface area (Å²) in [6.07, 6.45) is 2.14. The topological polar surface area (TPSA) is 203 Å². The van der Waals surface area contributed by atoms with Crippen LogP contribution in [-0.4, -0.2) is 84.7 Å². The van der Waals surface area contributed by atoms with E-state index in [0.717, 1.165) is 27.3 Å². The molecule has 3 aromatic heterocycles. The van der Waals surface area contributed by atoms with Gasteiger partial charge in [0.25, 0.3) is 11.8 Å². The SMILES string of the molecule is COn1ccc2c1ccc[n+]2CC1=C(C(=O)O)N2C(=O)[C@@H](NC(=O)/C(=N\O[C@@H](C)C(=O)O)c3nc(N)sc3Cl)[C@H]2SC1. The van der Waals surface area contributed by atoms with Crippen molar-refractivity contribution in [2.75, 3.05) is 18.6 Å². The lowest BCUT2D eigenvalue weighted by Gasteiger charge is -2.49. The molecule has 3 atom stereocenters. The van der Waals surface area contributed by atoms with Crippen molar-refractivity contribution in [2.45, 2.75) is 31.0 Å². The van der Waals surface area contributed by atoms with E-state index in [1.165, 1.54) is 25.8 Å². The Morgan fingerprint density at radius 1 is 1.36 bits per heavy atom. The van der Waals surface area contributed by atoms with E-state index in [0.29, 0.717) is 5.57 Å². The molecule has 2 amide bonds. The number of fused-ring (bicyclic) bond motifs is 2. The lowest BCUT2D eigenvalue weighted by molar-refractivity contribution is -0.663. The van der Waals surface area contributed by atoms with Crippen LogP contribution in [0.4, 0.5) is 5.13 Å². The minimum Gasteiger partial charge on any atom is -0.478 e. The number of aromatic nitrogens is 3. The summed E-state index contributed by atoms with van der Waals surface area (Å²) in [5.41, 5.74) is 6.97. The van der Waals surface area contributed by atoms with E-state index in [1.807, 2.05) is 16.7 Å². The molecule has 0 unspecified atom stereocenters. The van der Waals surface area contributed by atoms with E-state index in [-0.39, 0.29) is 33.2 Å². The van der Waals surface area contributed by atoms with Crippen molar-refractivity contribution < 1.29 is 43.6 Å². The van der Waals surface area contributed by atoms with Crippen molar-refractivity contribution in [3.05, 3.63) is 51.9 Å². The van der Waals surface area contributed by atoms with E-state index in [4.69, 9.17) is 32.1 Å². The summed E-state index contributed by atoms with van der Waals surface area (Å²) in [6, 6.07) is 4.39. The highest BCUT2D eigenvalue weighted by Gasteiger charge is 2.55. The van der Waals surface area contributed by atoms with Crippen LogP contribution in [0.2, 0.25) is 4.34 Å². The molecule has 42 heavy (non-hydrogen) atoms. The first-order valence-electron chi connectivity index (χ1n) is 12.2. The Bertz CT molecular complexity index is 1690. The summed E-state index contributed by atoms with van der Waals surface area (Å²) >= 11 is 8.29. The van der Waals surface area contributed by atoms with Gasteiger partial charge in [0, 0.05) is 23.5 Å². The molecule has 18 heteroatoms. The molecular weight excluding hydrogens is 614 g/mol. The molecule has 15 nitrogen and oxygen atoms in total. The first-order chi connectivity index (χ1) is 20.0. The standard InChI is InChI=1S/C24H22ClN7O8S2/c1-10(22(35)36)40-29-15(14-18(25)42-24(26)28-14)19(33)27-16-20(34)32-17(23(37)38)11(9-41-21(16)32)8-30-6-3-4-13-12(30)5-7-31(13)39-2/h3-7,10,16,21H,8-9H2,1-2H3,(H4-,26,27,28,33,35,36,37,38)/p+1/b29-15-/t10-,16+,21+/m0/s1. The van der Waals surface area contributed by atoms with Gasteiger partial charge in [-0.2, -0.15) is 9.30 Å². The summed E-state index contributed by atoms with van der Waals surface area (Å²) in [5.74, 6) is -3.92. The molecule has 0 aliphatic carbocycles. The zero-order valence-corrected chi connectivity index (χ0v) is 24.3. The molecule has 0 spiro atoms. The quantitative estimate of drug-likeness (QED) is 0.103. The molecule has 220 valence electrons. The Labute approximate surface area is 250 Å². The van der Waals surface area contributed by atoms with Crippen molar-refractivity contribution in [3.8, 4) is 0 Å². The number of nitrogens with two attached hydrogens (primary N) is 1. The highest BCUT2D eigenvalue weighted by molar-refractivity contribution is 8.00. The second kappa shape index (κ2) is 11.5. The van der Waals surface area contributed by atoms with Crippen LogP contribution in [0.1, 0.15) is 12.6 Å². The van der Waals surface area contributed by atoms with Crippen LogP contribution in [0, 0.1) is 0 Å². The first kappa shape index (κ1) is 29.2. The number of carboxylic acid groups (broad SMARTS) is 2. The number of hydrogen-bond acceptors (Lipinski definition) is 11. The number of anilines is 1. The minimum atomic E-state index is -1.41. The number of nitrogens with zero attached hydrogens (tertiary/aromatic N) is 5. The minimum absolute atomic E-state index is 0.00400. The van der Waals surface area contributed by atoms with E-state index >= 15 is 0 Å². The number of carbonyl (C=O) groups is 4. The van der Waals surface area contributed by atoms with Crippen LogP contribution >= 0.6 is 34.7 Å². The highest BCUT2D eigenvalue weighted by Crippen LogP contribution is 2.40. The monoisotopic (exact) mass is 636 g/mol. The number of halogens is 1. The van der Waals surface area contributed by atoms with Gasteiger partial charge in [0.05, 0.1) is 6.20 Å². The van der Waals surface area contributed by atoms with Gasteiger partial charge in [-0.3, -0.25) is 14.5 Å². The number of pyridine rings is 1. The molecule has 1 fully saturated rings. The van der Waals surface area contributed by atoms with Gasteiger partial charge < -0.3 is 30.9 Å². The summed E-state index contributed by atoms with van der Waals surface area (Å²) in [6.45, 7) is 1.40. The highest BCUT2D eigenvalue weighted by atomic mass is 35.5. The smallest absolute Gasteiger partial charge is 0.352 e. The molecule has 0 aromatic carbocycles. The number of aliphatic carboxylic acids is 2. The molecule has 0 bridgehead atoms. The normalized spacial score (nSPS) is 19.3. The van der Waals surface area contributed by atoms with Gasteiger partial charge in [0.15, 0.2) is 29.1 Å². The van der Waals surface area contributed by atoms with E-state index < -0.39 is 47.0 Å². The Morgan fingerprint density at radius 3 is 2.76 bits per heavy atom. The maximum absolute atomic E-state index is 13.3. The molecule has 1 saturated heterocycles. The van der Waals surface area contributed by atoms with Crippen LogP contribution < -0.4 is 20.5 Å². The Kier molecular flexibility index (Phi) is 7.98. The van der Waals surface area contributed by atoms with Gasteiger partial charge in [0.1, 0.15) is 34.3 Å². The maximum atomic E-state index is 13.3. The van der Waals surface area contributed by atoms with Crippen molar-refractivity contribution >= 4 is 80.3 Å². The van der Waals surface area contributed by atoms with Gasteiger partial charge in [0.2, 0.25) is 11.6 Å². The summed E-state index contributed by atoms with van der Waals surface area (Å²) < 4.78 is 3.43. The molecule has 2 aliphatic heterocycles. The van der Waals surface area contributed by atoms with Crippen molar-refractivity contribution in [2.24, 2.45) is 5.16 Å². The van der Waals surface area contributed by atoms with Crippen LogP contribution in [-0.2, 0) is 30.6 Å². The number of thiazole rings is 1. The van der Waals surface area contributed by atoms with Crippen LogP contribution in [0.15, 0.2) is 47.0 Å². The van der Waals surface area contributed by atoms with Crippen LogP contribution in [0.3, 0.4) is 0 Å². The number of oxime groups is 1. The number of amides is 2. The number of hydrogen-bond donors (Lipinski definition) is 4. The molecule has 0 radical (unpaired) electrons. The molecule has 5 heterocycles. The molecule has 5 N–H and O–H groups in total. The third-order valence-corrected chi connectivity index (χ3v) is 8.91. The zero-order valence-electron chi connectivity index (χ0n) is 21.9. The van der Waals surface area contributed by atoms with E-state index in [2.05, 4.69) is 15.5 Å². The number of carbonyl (C=O) groups excluding carboxylic acids is 2. The maximum Gasteiger partial charge on any atom is 0.352 e. The number of β-lactam (4-membered cyclic amide) rings is 1. The van der Waals surface area contributed by atoms with Gasteiger partial charge in [-0.15, -0.1) is 11.8 Å². The predicted octanol–water partition coefficient (Wildman–Crippen LogP) is 0.312. The molecular formula is C24H23ClN7O8S2+. The van der Waals surface area contributed by atoms with Crippen LogP contribution in [0.25, 0.3) is 11.0 Å². The Morgan fingerprint density at radius 2 is 2.12 bits per heavy atom. The van der Waals surface area contributed by atoms with Crippen LogP contribution in [0.5, 0.6) is 0 Å². The molecule has 0 saturated carbocycles. The van der Waals surface area contributed by atoms with Crippen molar-refractivity contribution in [1.29, 1.82) is 0 Å². The van der Waals surface area contributed by atoms with E-state index in [9.17, 15) is 24.3 Å². The lowest BCUT2D eigenvalue weighted by Crippen LogP contribution is -2.71. The third-order valence-electron chi connectivity index (χ3n) is 6.48.